The summed E-state index contributed by atoms with van der Waals surface area (Å²) in [6.07, 6.45) is 0.263. The van der Waals surface area contributed by atoms with Gasteiger partial charge in [-0.05, 0) is 23.1 Å². The Bertz CT molecular complexity index is 977. The lowest BCUT2D eigenvalue weighted by Gasteiger charge is -2.24. The Hall–Kier alpha value is -2.53. The molecule has 0 unspecified atom stereocenters. The van der Waals surface area contributed by atoms with Crippen molar-refractivity contribution in [3.05, 3.63) is 86.7 Å². The summed E-state index contributed by atoms with van der Waals surface area (Å²) >= 11 is 3.42. The van der Waals surface area contributed by atoms with Crippen molar-refractivity contribution in [2.24, 2.45) is 0 Å². The molecule has 1 heterocycles. The molecule has 5 heteroatoms. The average Bonchev–Trinajstić information content (AvgIpc) is 2.62. The number of ketones is 1. The number of nitrogens with zero attached hydrogens (tertiary/aromatic N) is 1. The summed E-state index contributed by atoms with van der Waals surface area (Å²) in [4.78, 5) is 31.9. The van der Waals surface area contributed by atoms with Crippen LogP contribution in [0.15, 0.2) is 69.9 Å². The van der Waals surface area contributed by atoms with Gasteiger partial charge in [-0.25, -0.2) is 4.98 Å². The fourth-order valence-electron chi connectivity index (χ4n) is 2.83. The van der Waals surface area contributed by atoms with Gasteiger partial charge in [-0.15, -0.1) is 0 Å². The van der Waals surface area contributed by atoms with E-state index in [0.29, 0.717) is 5.82 Å². The Morgan fingerprint density at radius 3 is 2.38 bits per heavy atom. The van der Waals surface area contributed by atoms with Gasteiger partial charge in [0.1, 0.15) is 11.5 Å². The summed E-state index contributed by atoms with van der Waals surface area (Å²) in [5, 5.41) is 0. The number of carbonyl (C=O) groups excluding carboxylic acids is 1. The van der Waals surface area contributed by atoms with Gasteiger partial charge in [0.2, 0.25) is 0 Å². The number of aromatic amines is 1. The molecule has 132 valence electrons. The van der Waals surface area contributed by atoms with Crippen LogP contribution in [0.5, 0.6) is 0 Å². The lowest BCUT2D eigenvalue weighted by molar-refractivity contribution is 0.0953. The van der Waals surface area contributed by atoms with E-state index in [-0.39, 0.29) is 28.9 Å². The zero-order chi connectivity index (χ0) is 18.7. The number of carbonyl (C=O) groups is 1. The highest BCUT2D eigenvalue weighted by atomic mass is 79.9. The van der Waals surface area contributed by atoms with Crippen LogP contribution >= 0.6 is 15.9 Å². The maximum Gasteiger partial charge on any atom is 0.251 e. The van der Waals surface area contributed by atoms with E-state index in [1.165, 1.54) is 6.07 Å². The topological polar surface area (TPSA) is 62.8 Å². The molecule has 0 spiro atoms. The number of benzene rings is 2. The molecule has 0 saturated carbocycles. The molecule has 0 fully saturated rings. The standard InChI is InChI=1S/C21H19BrN2O2/c1-21(2,15-8-10-16(22)11-9-15)13-18(25)17-12-19(26)24-20(23-17)14-6-4-3-5-7-14/h3-12H,13H2,1-2H3,(H,23,24,26). The van der Waals surface area contributed by atoms with Crippen molar-refractivity contribution in [2.75, 3.05) is 0 Å². The van der Waals surface area contributed by atoms with Crippen LogP contribution in [0.2, 0.25) is 0 Å². The SMILES string of the molecule is CC(C)(CC(=O)c1cc(=O)[nH]c(-c2ccccc2)n1)c1ccc(Br)cc1. The minimum atomic E-state index is -0.366. The normalized spacial score (nSPS) is 11.3. The predicted molar refractivity (Wildman–Crippen MR) is 106 cm³/mol. The molecule has 4 nitrogen and oxygen atoms in total. The van der Waals surface area contributed by atoms with Crippen molar-refractivity contribution in [1.82, 2.24) is 9.97 Å². The second-order valence-electron chi connectivity index (χ2n) is 6.84. The molecule has 0 amide bonds. The third kappa shape index (κ3) is 4.17. The average molecular weight is 411 g/mol. The number of hydrogen-bond acceptors (Lipinski definition) is 3. The van der Waals surface area contributed by atoms with Gasteiger partial charge in [0.05, 0.1) is 0 Å². The summed E-state index contributed by atoms with van der Waals surface area (Å²) < 4.78 is 0.993. The predicted octanol–water partition coefficient (Wildman–Crippen LogP) is 4.75. The first kappa shape index (κ1) is 18.3. The molecule has 1 N–H and O–H groups in total. The van der Waals surface area contributed by atoms with Crippen LogP contribution in [-0.4, -0.2) is 15.8 Å². The Morgan fingerprint density at radius 1 is 1.08 bits per heavy atom. The molecular weight excluding hydrogens is 392 g/mol. The van der Waals surface area contributed by atoms with Crippen molar-refractivity contribution in [2.45, 2.75) is 25.7 Å². The van der Waals surface area contributed by atoms with Gasteiger partial charge in [-0.3, -0.25) is 9.59 Å². The Morgan fingerprint density at radius 2 is 1.73 bits per heavy atom. The van der Waals surface area contributed by atoms with E-state index in [0.717, 1.165) is 15.6 Å². The highest BCUT2D eigenvalue weighted by Gasteiger charge is 2.26. The lowest BCUT2D eigenvalue weighted by Crippen LogP contribution is -2.24. The molecule has 0 radical (unpaired) electrons. The van der Waals surface area contributed by atoms with Crippen LogP contribution in [-0.2, 0) is 5.41 Å². The maximum atomic E-state index is 12.8. The lowest BCUT2D eigenvalue weighted by atomic mass is 9.80. The van der Waals surface area contributed by atoms with Crippen molar-refractivity contribution in [3.63, 3.8) is 0 Å². The number of H-pyrrole nitrogens is 1. The number of Topliss-reactive ketones (excluding diaryl/α,β-unsaturated/α-hetero) is 1. The van der Waals surface area contributed by atoms with E-state index >= 15 is 0 Å². The molecule has 3 aromatic rings. The van der Waals surface area contributed by atoms with Gasteiger partial charge in [-0.1, -0.05) is 72.2 Å². The van der Waals surface area contributed by atoms with E-state index in [2.05, 4.69) is 25.9 Å². The zero-order valence-corrected chi connectivity index (χ0v) is 16.2. The van der Waals surface area contributed by atoms with Crippen LogP contribution in [0, 0.1) is 0 Å². The van der Waals surface area contributed by atoms with Gasteiger partial charge in [0.25, 0.3) is 5.56 Å². The van der Waals surface area contributed by atoms with Gasteiger partial charge in [0, 0.05) is 22.5 Å². The number of aromatic nitrogens is 2. The van der Waals surface area contributed by atoms with E-state index in [1.807, 2.05) is 68.4 Å². The Kier molecular flexibility index (Phi) is 5.18. The molecule has 0 aliphatic carbocycles. The van der Waals surface area contributed by atoms with Gasteiger partial charge in [-0.2, -0.15) is 0 Å². The van der Waals surface area contributed by atoms with E-state index in [1.54, 1.807) is 0 Å². The summed E-state index contributed by atoms with van der Waals surface area (Å²) in [6, 6.07) is 18.5. The van der Waals surface area contributed by atoms with Crippen LogP contribution in [0.3, 0.4) is 0 Å². The Balaban J connectivity index is 1.89. The number of halogens is 1. The number of nitrogens with one attached hydrogen (secondary N) is 1. The third-order valence-corrected chi connectivity index (χ3v) is 4.83. The second-order valence-corrected chi connectivity index (χ2v) is 7.75. The van der Waals surface area contributed by atoms with E-state index in [9.17, 15) is 9.59 Å². The smallest absolute Gasteiger partial charge is 0.251 e. The summed E-state index contributed by atoms with van der Waals surface area (Å²) in [5.41, 5.74) is 1.32. The fraction of sp³-hybridized carbons (Fsp3) is 0.190. The van der Waals surface area contributed by atoms with E-state index < -0.39 is 0 Å². The first-order chi connectivity index (χ1) is 12.3. The van der Waals surface area contributed by atoms with E-state index in [4.69, 9.17) is 0 Å². The van der Waals surface area contributed by atoms with Crippen molar-refractivity contribution in [3.8, 4) is 11.4 Å². The van der Waals surface area contributed by atoms with Crippen molar-refractivity contribution >= 4 is 21.7 Å². The monoisotopic (exact) mass is 410 g/mol. The van der Waals surface area contributed by atoms with Crippen molar-refractivity contribution in [1.29, 1.82) is 0 Å². The molecular formula is C21H19BrN2O2. The van der Waals surface area contributed by atoms with Crippen LogP contribution < -0.4 is 5.56 Å². The van der Waals surface area contributed by atoms with Gasteiger partial charge < -0.3 is 4.98 Å². The molecule has 0 atom stereocenters. The minimum Gasteiger partial charge on any atom is -0.306 e. The first-order valence-electron chi connectivity index (χ1n) is 8.31. The molecule has 1 aromatic heterocycles. The molecule has 3 rings (SSSR count). The molecule has 0 aliphatic heterocycles. The minimum absolute atomic E-state index is 0.152. The summed E-state index contributed by atoms with van der Waals surface area (Å²) in [5.74, 6) is 0.254. The van der Waals surface area contributed by atoms with Crippen LogP contribution in [0.25, 0.3) is 11.4 Å². The quantitative estimate of drug-likeness (QED) is 0.617. The van der Waals surface area contributed by atoms with Crippen LogP contribution in [0.1, 0.15) is 36.3 Å². The molecule has 0 bridgehead atoms. The molecule has 2 aromatic carbocycles. The largest absolute Gasteiger partial charge is 0.306 e. The second kappa shape index (κ2) is 7.38. The Labute approximate surface area is 160 Å². The maximum absolute atomic E-state index is 12.8. The summed E-state index contributed by atoms with van der Waals surface area (Å²) in [7, 11) is 0. The van der Waals surface area contributed by atoms with Crippen molar-refractivity contribution < 1.29 is 4.79 Å². The third-order valence-electron chi connectivity index (χ3n) is 4.30. The number of hydrogen-bond donors (Lipinski definition) is 1. The van der Waals surface area contributed by atoms with Gasteiger partial charge in [0.15, 0.2) is 5.78 Å². The molecule has 0 aliphatic rings. The highest BCUT2D eigenvalue weighted by molar-refractivity contribution is 9.10. The van der Waals surface area contributed by atoms with Crippen LogP contribution in [0.4, 0.5) is 0 Å². The zero-order valence-electron chi connectivity index (χ0n) is 14.6. The summed E-state index contributed by atoms with van der Waals surface area (Å²) in [6.45, 7) is 4.03. The highest BCUT2D eigenvalue weighted by Crippen LogP contribution is 2.29. The first-order valence-corrected chi connectivity index (χ1v) is 9.10. The van der Waals surface area contributed by atoms with Gasteiger partial charge >= 0.3 is 0 Å². The molecule has 26 heavy (non-hydrogen) atoms. The number of rotatable bonds is 5. The molecule has 0 saturated heterocycles. The fourth-order valence-corrected chi connectivity index (χ4v) is 3.09.